The normalized spacial score (nSPS) is 22.0. The molecule has 1 aliphatic heterocycles. The minimum absolute atomic E-state index is 0.163. The van der Waals surface area contributed by atoms with Crippen LogP contribution in [0.4, 0.5) is 5.69 Å². The van der Waals surface area contributed by atoms with Gasteiger partial charge in [0.25, 0.3) is 0 Å². The number of aliphatic hydroxyl groups is 1. The quantitative estimate of drug-likeness (QED) is 0.776. The zero-order valence-electron chi connectivity index (χ0n) is 10.3. The summed E-state index contributed by atoms with van der Waals surface area (Å²) in [5.74, 6) is 0. The average Bonchev–Trinajstić information content (AvgIpc) is 2.32. The van der Waals surface area contributed by atoms with E-state index < -0.39 is 16.1 Å². The largest absolute Gasteiger partial charge is 0.398 e. The molecule has 5 nitrogen and oxygen atoms in total. The summed E-state index contributed by atoms with van der Waals surface area (Å²) in [6.45, 7) is 2.31. The molecule has 1 aromatic rings. The number of anilines is 1. The summed E-state index contributed by atoms with van der Waals surface area (Å²) >= 11 is 0. The van der Waals surface area contributed by atoms with Gasteiger partial charge in [-0.2, -0.15) is 4.31 Å². The second kappa shape index (κ2) is 4.87. The van der Waals surface area contributed by atoms with E-state index in [1.165, 1.54) is 4.31 Å². The molecular formula is C12H18N2O3S. The van der Waals surface area contributed by atoms with E-state index in [1.54, 1.807) is 25.1 Å². The van der Waals surface area contributed by atoms with Crippen molar-refractivity contribution in [1.82, 2.24) is 4.31 Å². The first-order chi connectivity index (χ1) is 8.43. The van der Waals surface area contributed by atoms with E-state index in [9.17, 15) is 13.5 Å². The number of nitrogens with two attached hydrogens (primary N) is 1. The number of sulfonamides is 1. The van der Waals surface area contributed by atoms with Gasteiger partial charge in [0.2, 0.25) is 10.0 Å². The van der Waals surface area contributed by atoms with Crippen LogP contribution in [0.3, 0.4) is 0 Å². The first-order valence-corrected chi connectivity index (χ1v) is 7.40. The highest BCUT2D eigenvalue weighted by atomic mass is 32.2. The standard InChI is InChI=1S/C12H18N2O3S/c1-9-11(13)5-2-6-12(9)18(16,17)14-7-3-4-10(15)8-14/h2,5-6,10,15H,3-4,7-8,13H2,1H3. The van der Waals surface area contributed by atoms with Crippen LogP contribution in [-0.4, -0.2) is 37.0 Å². The van der Waals surface area contributed by atoms with Crippen LogP contribution in [0.2, 0.25) is 0 Å². The maximum absolute atomic E-state index is 12.5. The molecule has 1 aromatic carbocycles. The molecule has 1 heterocycles. The SMILES string of the molecule is Cc1c(N)cccc1S(=O)(=O)N1CCCC(O)C1. The van der Waals surface area contributed by atoms with Gasteiger partial charge in [0.15, 0.2) is 0 Å². The smallest absolute Gasteiger partial charge is 0.243 e. The van der Waals surface area contributed by atoms with Crippen molar-refractivity contribution < 1.29 is 13.5 Å². The van der Waals surface area contributed by atoms with Crippen molar-refractivity contribution in [1.29, 1.82) is 0 Å². The van der Waals surface area contributed by atoms with Crippen molar-refractivity contribution in [2.24, 2.45) is 0 Å². The van der Waals surface area contributed by atoms with Gasteiger partial charge in [0, 0.05) is 18.8 Å². The highest BCUT2D eigenvalue weighted by Gasteiger charge is 2.30. The molecular weight excluding hydrogens is 252 g/mol. The third-order valence-electron chi connectivity index (χ3n) is 3.30. The molecule has 0 saturated carbocycles. The lowest BCUT2D eigenvalue weighted by atomic mass is 10.1. The number of benzene rings is 1. The zero-order chi connectivity index (χ0) is 13.3. The summed E-state index contributed by atoms with van der Waals surface area (Å²) < 4.78 is 26.3. The van der Waals surface area contributed by atoms with Gasteiger partial charge in [-0.3, -0.25) is 0 Å². The fourth-order valence-corrected chi connectivity index (χ4v) is 3.96. The van der Waals surface area contributed by atoms with Crippen molar-refractivity contribution in [2.75, 3.05) is 18.8 Å². The van der Waals surface area contributed by atoms with Crippen LogP contribution in [0, 0.1) is 6.92 Å². The fraction of sp³-hybridized carbons (Fsp3) is 0.500. The number of rotatable bonds is 2. The predicted octanol–water partition coefficient (Wildman–Crippen LogP) is 0.723. The van der Waals surface area contributed by atoms with Crippen LogP contribution in [-0.2, 0) is 10.0 Å². The number of nitrogens with zero attached hydrogens (tertiary/aromatic N) is 1. The fourth-order valence-electron chi connectivity index (χ4n) is 2.19. The molecule has 0 amide bonds. The molecule has 1 saturated heterocycles. The van der Waals surface area contributed by atoms with E-state index in [2.05, 4.69) is 0 Å². The van der Waals surface area contributed by atoms with E-state index in [0.29, 0.717) is 30.6 Å². The van der Waals surface area contributed by atoms with Crippen LogP contribution in [0.15, 0.2) is 23.1 Å². The van der Waals surface area contributed by atoms with Crippen molar-refractivity contribution in [3.8, 4) is 0 Å². The second-order valence-electron chi connectivity index (χ2n) is 4.63. The Bertz CT molecular complexity index is 542. The van der Waals surface area contributed by atoms with Crippen LogP contribution in [0.25, 0.3) is 0 Å². The number of piperidine rings is 1. The maximum atomic E-state index is 12.5. The maximum Gasteiger partial charge on any atom is 0.243 e. The molecule has 3 N–H and O–H groups in total. The second-order valence-corrected chi connectivity index (χ2v) is 6.54. The van der Waals surface area contributed by atoms with Gasteiger partial charge in [-0.15, -0.1) is 0 Å². The number of aliphatic hydroxyl groups excluding tert-OH is 1. The summed E-state index contributed by atoms with van der Waals surface area (Å²) in [7, 11) is -3.55. The van der Waals surface area contributed by atoms with Crippen molar-refractivity contribution in [3.05, 3.63) is 23.8 Å². The van der Waals surface area contributed by atoms with Crippen LogP contribution >= 0.6 is 0 Å². The van der Waals surface area contributed by atoms with Gasteiger partial charge >= 0.3 is 0 Å². The Morgan fingerprint density at radius 3 is 2.83 bits per heavy atom. The highest BCUT2D eigenvalue weighted by Crippen LogP contribution is 2.26. The van der Waals surface area contributed by atoms with E-state index >= 15 is 0 Å². The molecule has 0 aromatic heterocycles. The molecule has 1 fully saturated rings. The number of β-amino-alcohol motifs (C(OH)–C–C–N with tert-alkyl or cyclic N) is 1. The Kier molecular flexibility index (Phi) is 3.61. The monoisotopic (exact) mass is 270 g/mol. The summed E-state index contributed by atoms with van der Waals surface area (Å²) in [6, 6.07) is 4.87. The molecule has 1 aliphatic rings. The molecule has 0 spiro atoms. The number of hydrogen-bond acceptors (Lipinski definition) is 4. The first-order valence-electron chi connectivity index (χ1n) is 5.96. The molecule has 100 valence electrons. The van der Waals surface area contributed by atoms with E-state index in [0.717, 1.165) is 0 Å². The topological polar surface area (TPSA) is 83.6 Å². The summed E-state index contributed by atoms with van der Waals surface area (Å²) in [5, 5.41) is 9.58. The Hall–Kier alpha value is -1.11. The zero-order valence-corrected chi connectivity index (χ0v) is 11.2. The van der Waals surface area contributed by atoms with Gasteiger partial charge in [-0.1, -0.05) is 6.07 Å². The molecule has 1 unspecified atom stereocenters. The Labute approximate surface area is 107 Å². The Morgan fingerprint density at radius 2 is 2.17 bits per heavy atom. The van der Waals surface area contributed by atoms with E-state index in [1.807, 2.05) is 0 Å². The Balaban J connectivity index is 2.39. The molecule has 0 bridgehead atoms. The molecule has 18 heavy (non-hydrogen) atoms. The van der Waals surface area contributed by atoms with Crippen molar-refractivity contribution >= 4 is 15.7 Å². The summed E-state index contributed by atoms with van der Waals surface area (Å²) in [6.07, 6.45) is 0.763. The van der Waals surface area contributed by atoms with Crippen molar-refractivity contribution in [2.45, 2.75) is 30.8 Å². The van der Waals surface area contributed by atoms with Gasteiger partial charge in [0.05, 0.1) is 11.0 Å². The van der Waals surface area contributed by atoms with E-state index in [-0.39, 0.29) is 11.4 Å². The lowest BCUT2D eigenvalue weighted by Crippen LogP contribution is -2.42. The number of nitrogen functional groups attached to an aromatic ring is 1. The predicted molar refractivity (Wildman–Crippen MR) is 69.6 cm³/mol. The lowest BCUT2D eigenvalue weighted by Gasteiger charge is -2.29. The van der Waals surface area contributed by atoms with E-state index in [4.69, 9.17) is 5.73 Å². The van der Waals surface area contributed by atoms with Crippen LogP contribution in [0.5, 0.6) is 0 Å². The lowest BCUT2D eigenvalue weighted by molar-refractivity contribution is 0.108. The Morgan fingerprint density at radius 1 is 1.44 bits per heavy atom. The number of hydrogen-bond donors (Lipinski definition) is 2. The summed E-state index contributed by atoms with van der Waals surface area (Å²) in [4.78, 5) is 0.233. The molecule has 2 rings (SSSR count). The first kappa shape index (κ1) is 13.3. The minimum Gasteiger partial charge on any atom is -0.398 e. The molecule has 0 aliphatic carbocycles. The van der Waals surface area contributed by atoms with Crippen molar-refractivity contribution in [3.63, 3.8) is 0 Å². The summed E-state index contributed by atoms with van der Waals surface area (Å²) in [5.41, 5.74) is 6.78. The third kappa shape index (κ3) is 2.36. The molecule has 0 radical (unpaired) electrons. The van der Waals surface area contributed by atoms with Gasteiger partial charge < -0.3 is 10.8 Å². The van der Waals surface area contributed by atoms with Crippen LogP contribution < -0.4 is 5.73 Å². The highest BCUT2D eigenvalue weighted by molar-refractivity contribution is 7.89. The van der Waals surface area contributed by atoms with Crippen LogP contribution in [0.1, 0.15) is 18.4 Å². The average molecular weight is 270 g/mol. The van der Waals surface area contributed by atoms with Gasteiger partial charge in [-0.05, 0) is 37.5 Å². The van der Waals surface area contributed by atoms with Gasteiger partial charge in [-0.25, -0.2) is 8.42 Å². The third-order valence-corrected chi connectivity index (χ3v) is 5.31. The molecule has 1 atom stereocenters. The molecule has 6 heteroatoms. The minimum atomic E-state index is -3.55. The van der Waals surface area contributed by atoms with Gasteiger partial charge in [0.1, 0.15) is 0 Å².